The molecule has 1 spiro atoms. The van der Waals surface area contributed by atoms with Crippen LogP contribution in [0, 0.1) is 0 Å². The summed E-state index contributed by atoms with van der Waals surface area (Å²) in [6, 6.07) is 64.5. The molecule has 1 unspecified atom stereocenters. The van der Waals surface area contributed by atoms with Crippen LogP contribution in [0.5, 0.6) is 0 Å². The molecule has 3 aliphatic carbocycles. The van der Waals surface area contributed by atoms with Gasteiger partial charge in [-0.25, -0.2) is 0 Å². The minimum Gasteiger partial charge on any atom is -0.456 e. The van der Waals surface area contributed by atoms with Gasteiger partial charge >= 0.3 is 0 Å². The molecule has 2 heteroatoms. The molecule has 1 atom stereocenters. The van der Waals surface area contributed by atoms with Gasteiger partial charge < -0.3 is 9.32 Å². The van der Waals surface area contributed by atoms with E-state index in [0.29, 0.717) is 0 Å². The molecule has 1 aromatic heterocycles. The van der Waals surface area contributed by atoms with Crippen molar-refractivity contribution in [2.75, 3.05) is 4.90 Å². The Morgan fingerprint density at radius 1 is 0.491 bits per heavy atom. The molecule has 55 heavy (non-hydrogen) atoms. The van der Waals surface area contributed by atoms with Crippen LogP contribution in [0.3, 0.4) is 0 Å². The van der Waals surface area contributed by atoms with Crippen molar-refractivity contribution in [1.29, 1.82) is 0 Å². The summed E-state index contributed by atoms with van der Waals surface area (Å²) in [5.74, 6) is 0. The number of hydrogen-bond acceptors (Lipinski definition) is 2. The van der Waals surface area contributed by atoms with Crippen molar-refractivity contribution >= 4 is 55.3 Å². The number of para-hydroxylation sites is 1. The van der Waals surface area contributed by atoms with E-state index in [2.05, 4.69) is 193 Å². The molecule has 0 radical (unpaired) electrons. The van der Waals surface area contributed by atoms with Crippen molar-refractivity contribution in [2.45, 2.75) is 18.3 Å². The zero-order valence-electron chi connectivity index (χ0n) is 30.2. The van der Waals surface area contributed by atoms with Crippen molar-refractivity contribution in [2.24, 2.45) is 0 Å². The van der Waals surface area contributed by atoms with Crippen LogP contribution in [0.15, 0.2) is 198 Å². The van der Waals surface area contributed by atoms with Crippen LogP contribution in [0.1, 0.15) is 35.1 Å². The predicted octanol–water partition coefficient (Wildman–Crippen LogP) is 14.3. The summed E-state index contributed by atoms with van der Waals surface area (Å²) in [6.45, 7) is 0. The molecule has 0 N–H and O–H groups in total. The van der Waals surface area contributed by atoms with Gasteiger partial charge in [-0.2, -0.15) is 0 Å². The summed E-state index contributed by atoms with van der Waals surface area (Å²) in [5, 5.41) is 4.68. The molecule has 0 bridgehead atoms. The van der Waals surface area contributed by atoms with E-state index in [1.807, 2.05) is 0 Å². The highest BCUT2D eigenvalue weighted by molar-refractivity contribution is 6.22. The first-order chi connectivity index (χ1) is 27.3. The lowest BCUT2D eigenvalue weighted by atomic mass is 9.68. The minimum atomic E-state index is -0.332. The Hall–Kier alpha value is -6.90. The molecular weight excluding hydrogens is 667 g/mol. The Kier molecular flexibility index (Phi) is 6.41. The first-order valence-corrected chi connectivity index (χ1v) is 19.3. The van der Waals surface area contributed by atoms with Gasteiger partial charge in [-0.1, -0.05) is 146 Å². The van der Waals surface area contributed by atoms with Crippen molar-refractivity contribution in [1.82, 2.24) is 0 Å². The molecule has 8 aromatic carbocycles. The quantitative estimate of drug-likeness (QED) is 0.182. The van der Waals surface area contributed by atoms with Gasteiger partial charge in [-0.3, -0.25) is 0 Å². The number of rotatable bonds is 4. The molecular formula is C53H35NO. The zero-order valence-corrected chi connectivity index (χ0v) is 30.2. The van der Waals surface area contributed by atoms with Gasteiger partial charge in [0, 0.05) is 27.7 Å². The van der Waals surface area contributed by atoms with E-state index in [4.69, 9.17) is 4.42 Å². The predicted molar refractivity (Wildman–Crippen MR) is 228 cm³/mol. The molecule has 1 heterocycles. The first kappa shape index (κ1) is 30.6. The topological polar surface area (TPSA) is 16.4 Å². The summed E-state index contributed by atoms with van der Waals surface area (Å²) >= 11 is 0. The van der Waals surface area contributed by atoms with Crippen LogP contribution in [0.25, 0.3) is 60.5 Å². The Bertz CT molecular complexity index is 3090. The van der Waals surface area contributed by atoms with E-state index in [-0.39, 0.29) is 5.41 Å². The van der Waals surface area contributed by atoms with E-state index in [0.717, 1.165) is 46.2 Å². The number of allylic oxidation sites excluding steroid dienone is 4. The number of fused-ring (bicyclic) bond motifs is 14. The number of nitrogens with zero attached hydrogens (tertiary/aromatic N) is 1. The van der Waals surface area contributed by atoms with Crippen LogP contribution < -0.4 is 4.90 Å². The second-order valence-electron chi connectivity index (χ2n) is 15.0. The largest absolute Gasteiger partial charge is 0.456 e. The maximum atomic E-state index is 6.71. The van der Waals surface area contributed by atoms with Crippen molar-refractivity contribution in [3.8, 4) is 22.3 Å². The van der Waals surface area contributed by atoms with Gasteiger partial charge in [0.15, 0.2) is 0 Å². The molecule has 0 aliphatic heterocycles. The van der Waals surface area contributed by atoms with E-state index < -0.39 is 0 Å². The Balaban J connectivity index is 1.13. The van der Waals surface area contributed by atoms with Gasteiger partial charge in [0.25, 0.3) is 0 Å². The number of furan rings is 1. The maximum Gasteiger partial charge on any atom is 0.136 e. The third-order valence-corrected chi connectivity index (χ3v) is 12.4. The number of hydrogen-bond donors (Lipinski definition) is 0. The maximum absolute atomic E-state index is 6.71. The number of anilines is 3. The normalized spacial score (nSPS) is 16.5. The highest BCUT2D eigenvalue weighted by Crippen LogP contribution is 2.65. The molecule has 2 nitrogen and oxygen atoms in total. The lowest BCUT2D eigenvalue weighted by Crippen LogP contribution is -2.27. The third-order valence-electron chi connectivity index (χ3n) is 12.4. The van der Waals surface area contributed by atoms with E-state index in [1.165, 1.54) is 72.1 Å². The summed E-state index contributed by atoms with van der Waals surface area (Å²) in [5.41, 5.74) is 18.3. The smallest absolute Gasteiger partial charge is 0.136 e. The SMILES string of the molecule is C1=CC2=C(CC1)C1(c3ccccc32)c2ccccc2-c2c(N(c3ccccc3)c3ccc4oc5cc(-c6ccccc6)c6ccccc6c5c4c3)cccc21. The molecule has 0 amide bonds. The average Bonchev–Trinajstić information content (AvgIpc) is 3.88. The van der Waals surface area contributed by atoms with Gasteiger partial charge in [0.1, 0.15) is 11.2 Å². The van der Waals surface area contributed by atoms with E-state index in [9.17, 15) is 0 Å². The van der Waals surface area contributed by atoms with Crippen molar-refractivity contribution in [3.05, 3.63) is 216 Å². The standard InChI is InChI=1S/C53H35NO/c1-3-16-34(17-4-1)42-33-50-51(40-23-8-7-20-37(40)42)43-32-36(30-31-49(43)55-50)54(35-18-5-2-6-19-35)48-29-15-28-47-52(48)41-24-11-14-27-46(41)53(47)44-25-12-9-21-38(44)39-22-10-13-26-45(39)53/h1-12,14-25,27-33H,13,26H2. The molecule has 0 fully saturated rings. The molecule has 0 saturated heterocycles. The van der Waals surface area contributed by atoms with Gasteiger partial charge in [0.2, 0.25) is 0 Å². The summed E-state index contributed by atoms with van der Waals surface area (Å²) in [6.07, 6.45) is 6.84. The van der Waals surface area contributed by atoms with Gasteiger partial charge in [-0.15, -0.1) is 0 Å². The molecule has 0 saturated carbocycles. The fourth-order valence-corrected chi connectivity index (χ4v) is 10.3. The lowest BCUT2D eigenvalue weighted by Gasteiger charge is -2.34. The second kappa shape index (κ2) is 11.5. The van der Waals surface area contributed by atoms with E-state index >= 15 is 0 Å². The van der Waals surface area contributed by atoms with Crippen LogP contribution in [-0.2, 0) is 5.41 Å². The minimum absolute atomic E-state index is 0.332. The summed E-state index contributed by atoms with van der Waals surface area (Å²) in [4.78, 5) is 2.46. The molecule has 12 rings (SSSR count). The van der Waals surface area contributed by atoms with Crippen molar-refractivity contribution < 1.29 is 4.42 Å². The molecule has 258 valence electrons. The Labute approximate surface area is 319 Å². The monoisotopic (exact) mass is 701 g/mol. The summed E-state index contributed by atoms with van der Waals surface area (Å²) < 4.78 is 6.71. The van der Waals surface area contributed by atoms with Crippen LogP contribution in [-0.4, -0.2) is 0 Å². The summed E-state index contributed by atoms with van der Waals surface area (Å²) in [7, 11) is 0. The zero-order chi connectivity index (χ0) is 36.1. The third kappa shape index (κ3) is 4.14. The Morgan fingerprint density at radius 3 is 2.02 bits per heavy atom. The van der Waals surface area contributed by atoms with E-state index in [1.54, 1.807) is 0 Å². The van der Waals surface area contributed by atoms with Crippen molar-refractivity contribution in [3.63, 3.8) is 0 Å². The van der Waals surface area contributed by atoms with Crippen LogP contribution in [0.2, 0.25) is 0 Å². The van der Waals surface area contributed by atoms with Crippen LogP contribution >= 0.6 is 0 Å². The highest BCUT2D eigenvalue weighted by atomic mass is 16.3. The fourth-order valence-electron chi connectivity index (χ4n) is 10.3. The lowest BCUT2D eigenvalue weighted by molar-refractivity contribution is 0.669. The number of benzene rings is 8. The molecule has 9 aromatic rings. The average molecular weight is 702 g/mol. The first-order valence-electron chi connectivity index (χ1n) is 19.3. The van der Waals surface area contributed by atoms with Gasteiger partial charge in [0.05, 0.1) is 11.1 Å². The van der Waals surface area contributed by atoms with Gasteiger partial charge in [-0.05, 0) is 116 Å². The van der Waals surface area contributed by atoms with Crippen LogP contribution in [0.4, 0.5) is 17.1 Å². The fraction of sp³-hybridized carbons (Fsp3) is 0.0566. The molecule has 3 aliphatic rings. The Morgan fingerprint density at radius 2 is 1.18 bits per heavy atom. The second-order valence-corrected chi connectivity index (χ2v) is 15.0. The highest BCUT2D eigenvalue weighted by Gasteiger charge is 2.53.